The number of halogens is 1. The lowest BCUT2D eigenvalue weighted by Gasteiger charge is -2.23. The van der Waals surface area contributed by atoms with Crippen LogP contribution in [0.25, 0.3) is 0 Å². The van der Waals surface area contributed by atoms with E-state index in [9.17, 15) is 9.59 Å². The van der Waals surface area contributed by atoms with Crippen molar-refractivity contribution in [2.45, 2.75) is 31.8 Å². The highest BCUT2D eigenvalue weighted by Crippen LogP contribution is 2.34. The Kier molecular flexibility index (Phi) is 5.22. The Balaban J connectivity index is 1.92. The Hall–Kier alpha value is -1.56. The van der Waals surface area contributed by atoms with Gasteiger partial charge in [0.2, 0.25) is 0 Å². The van der Waals surface area contributed by atoms with E-state index in [0.717, 1.165) is 22.9 Å². The molecule has 114 valence electrons. The maximum absolute atomic E-state index is 12.2. The van der Waals surface area contributed by atoms with Gasteiger partial charge in [-0.1, -0.05) is 34.1 Å². The number of nitrogens with one attached hydrogen (secondary N) is 1. The lowest BCUT2D eigenvalue weighted by atomic mass is 10.1. The Morgan fingerprint density at radius 3 is 2.67 bits per heavy atom. The molecule has 0 bridgehead atoms. The van der Waals surface area contributed by atoms with Crippen molar-refractivity contribution in [1.82, 2.24) is 10.2 Å². The third-order valence-corrected chi connectivity index (χ3v) is 4.38. The first-order valence-electron chi connectivity index (χ1n) is 6.94. The van der Waals surface area contributed by atoms with Crippen molar-refractivity contribution < 1.29 is 14.7 Å². The highest BCUT2D eigenvalue weighted by atomic mass is 79.9. The van der Waals surface area contributed by atoms with Gasteiger partial charge in [0.25, 0.3) is 0 Å². The molecule has 1 fully saturated rings. The molecule has 1 aliphatic carbocycles. The summed E-state index contributed by atoms with van der Waals surface area (Å²) in [5, 5.41) is 11.8. The van der Waals surface area contributed by atoms with Gasteiger partial charge in [0, 0.05) is 24.1 Å². The first-order valence-corrected chi connectivity index (χ1v) is 7.73. The van der Waals surface area contributed by atoms with Crippen LogP contribution in [0.5, 0.6) is 0 Å². The topological polar surface area (TPSA) is 69.6 Å². The number of carbonyl (C=O) groups excluding carboxylic acids is 1. The van der Waals surface area contributed by atoms with E-state index in [2.05, 4.69) is 21.2 Å². The number of hydrogen-bond donors (Lipinski definition) is 2. The fourth-order valence-corrected chi connectivity index (χ4v) is 2.66. The van der Waals surface area contributed by atoms with Gasteiger partial charge in [0.1, 0.15) is 0 Å². The highest BCUT2D eigenvalue weighted by molar-refractivity contribution is 9.10. The Morgan fingerprint density at radius 2 is 2.10 bits per heavy atom. The van der Waals surface area contributed by atoms with E-state index >= 15 is 0 Å². The smallest absolute Gasteiger partial charge is 0.317 e. The van der Waals surface area contributed by atoms with Gasteiger partial charge in [0.15, 0.2) is 0 Å². The summed E-state index contributed by atoms with van der Waals surface area (Å²) in [6.07, 6.45) is 1.97. The molecule has 5 nitrogen and oxygen atoms in total. The van der Waals surface area contributed by atoms with E-state index in [-0.39, 0.29) is 18.5 Å². The molecule has 0 radical (unpaired) electrons. The number of aliphatic carboxylic acids is 1. The van der Waals surface area contributed by atoms with Crippen molar-refractivity contribution >= 4 is 27.9 Å². The molecule has 2 rings (SSSR count). The molecule has 0 spiro atoms. The monoisotopic (exact) mass is 354 g/mol. The number of amides is 2. The summed E-state index contributed by atoms with van der Waals surface area (Å²) in [6, 6.07) is 7.22. The van der Waals surface area contributed by atoms with Crippen molar-refractivity contribution in [2.75, 3.05) is 7.05 Å². The van der Waals surface area contributed by atoms with E-state index in [1.807, 2.05) is 24.3 Å². The van der Waals surface area contributed by atoms with Gasteiger partial charge >= 0.3 is 12.0 Å². The second kappa shape index (κ2) is 6.93. The molecule has 2 N–H and O–H groups in total. The number of nitrogens with zero attached hydrogens (tertiary/aromatic N) is 1. The zero-order chi connectivity index (χ0) is 15.4. The van der Waals surface area contributed by atoms with Crippen LogP contribution < -0.4 is 5.32 Å². The van der Waals surface area contributed by atoms with Crippen molar-refractivity contribution in [2.24, 2.45) is 5.92 Å². The Morgan fingerprint density at radius 1 is 1.43 bits per heavy atom. The van der Waals surface area contributed by atoms with Crippen LogP contribution in [0.1, 0.15) is 24.8 Å². The molecule has 1 atom stereocenters. The number of carboxylic acid groups (broad SMARTS) is 1. The van der Waals surface area contributed by atoms with Gasteiger partial charge in [-0.15, -0.1) is 0 Å². The molecule has 2 amide bonds. The van der Waals surface area contributed by atoms with Crippen LogP contribution >= 0.6 is 15.9 Å². The minimum Gasteiger partial charge on any atom is -0.481 e. The summed E-state index contributed by atoms with van der Waals surface area (Å²) in [7, 11) is 1.71. The molecule has 6 heteroatoms. The summed E-state index contributed by atoms with van der Waals surface area (Å²) < 4.78 is 0.953. The fourth-order valence-electron chi connectivity index (χ4n) is 2.25. The predicted molar refractivity (Wildman–Crippen MR) is 82.9 cm³/mol. The number of benzene rings is 1. The highest BCUT2D eigenvalue weighted by Gasteiger charge is 2.34. The van der Waals surface area contributed by atoms with Crippen LogP contribution in [0, 0.1) is 5.92 Å². The van der Waals surface area contributed by atoms with Crippen molar-refractivity contribution in [3.8, 4) is 0 Å². The van der Waals surface area contributed by atoms with Crippen LogP contribution in [0.4, 0.5) is 4.79 Å². The van der Waals surface area contributed by atoms with Crippen LogP contribution in [0.15, 0.2) is 28.7 Å². The number of rotatable bonds is 6. The Bertz CT molecular complexity index is 531. The first kappa shape index (κ1) is 15.8. The van der Waals surface area contributed by atoms with Crippen molar-refractivity contribution in [3.05, 3.63) is 34.3 Å². The molecule has 1 saturated carbocycles. The van der Waals surface area contributed by atoms with E-state index < -0.39 is 5.97 Å². The molecule has 21 heavy (non-hydrogen) atoms. The lowest BCUT2D eigenvalue weighted by Crippen LogP contribution is -2.44. The van der Waals surface area contributed by atoms with Gasteiger partial charge < -0.3 is 15.3 Å². The first-order chi connectivity index (χ1) is 9.97. The van der Waals surface area contributed by atoms with Crippen LogP contribution in [-0.4, -0.2) is 35.1 Å². The normalized spacial score (nSPS) is 15.3. The molecule has 0 aromatic heterocycles. The van der Waals surface area contributed by atoms with E-state index in [1.165, 1.54) is 0 Å². The van der Waals surface area contributed by atoms with Gasteiger partial charge in [0.05, 0.1) is 6.42 Å². The fraction of sp³-hybridized carbons (Fsp3) is 0.467. The molecule has 1 aromatic rings. The molecule has 1 unspecified atom stereocenters. The number of carbonyl (C=O) groups is 2. The summed E-state index contributed by atoms with van der Waals surface area (Å²) in [6.45, 7) is 0.470. The maximum atomic E-state index is 12.2. The summed E-state index contributed by atoms with van der Waals surface area (Å²) >= 11 is 3.45. The van der Waals surface area contributed by atoms with Gasteiger partial charge in [-0.3, -0.25) is 4.79 Å². The SMILES string of the molecule is CN(Cc1ccccc1Br)C(=O)NC(CC(=O)O)C1CC1. The number of hydrogen-bond acceptors (Lipinski definition) is 2. The minimum atomic E-state index is -0.874. The summed E-state index contributed by atoms with van der Waals surface area (Å²) in [5.41, 5.74) is 1.01. The zero-order valence-corrected chi connectivity index (χ0v) is 13.5. The van der Waals surface area contributed by atoms with Gasteiger partial charge in [-0.05, 0) is 30.4 Å². The predicted octanol–water partition coefficient (Wildman–Crippen LogP) is 2.84. The second-order valence-corrected chi connectivity index (χ2v) is 6.29. The van der Waals surface area contributed by atoms with Crippen LogP contribution in [0.2, 0.25) is 0 Å². The summed E-state index contributed by atoms with van der Waals surface area (Å²) in [5.74, 6) is -0.567. The lowest BCUT2D eigenvalue weighted by molar-refractivity contribution is -0.137. The molecular weight excluding hydrogens is 336 g/mol. The molecule has 1 aromatic carbocycles. The quantitative estimate of drug-likeness (QED) is 0.825. The molecule has 0 heterocycles. The average Bonchev–Trinajstić information content (AvgIpc) is 3.24. The Labute approximate surface area is 132 Å². The molecule has 1 aliphatic rings. The summed E-state index contributed by atoms with van der Waals surface area (Å²) in [4.78, 5) is 24.6. The number of urea groups is 1. The third-order valence-electron chi connectivity index (χ3n) is 3.61. The van der Waals surface area contributed by atoms with Crippen LogP contribution in [0.3, 0.4) is 0 Å². The van der Waals surface area contributed by atoms with Crippen molar-refractivity contribution in [1.29, 1.82) is 0 Å². The van der Waals surface area contributed by atoms with Gasteiger partial charge in [-0.25, -0.2) is 4.79 Å². The minimum absolute atomic E-state index is 0.0146. The largest absolute Gasteiger partial charge is 0.481 e. The van der Waals surface area contributed by atoms with Crippen molar-refractivity contribution in [3.63, 3.8) is 0 Å². The standard InChI is InChI=1S/C15H19BrN2O3/c1-18(9-11-4-2-3-5-12(11)16)15(21)17-13(8-14(19)20)10-6-7-10/h2-5,10,13H,6-9H2,1H3,(H,17,21)(H,19,20). The zero-order valence-electron chi connectivity index (χ0n) is 11.9. The third kappa shape index (κ3) is 4.74. The second-order valence-electron chi connectivity index (χ2n) is 5.44. The van der Waals surface area contributed by atoms with E-state index in [1.54, 1.807) is 11.9 Å². The molecule has 0 saturated heterocycles. The number of carboxylic acids is 1. The average molecular weight is 355 g/mol. The molecular formula is C15H19BrN2O3. The van der Waals surface area contributed by atoms with Gasteiger partial charge in [-0.2, -0.15) is 0 Å². The van der Waals surface area contributed by atoms with E-state index in [0.29, 0.717) is 12.5 Å². The van der Waals surface area contributed by atoms with Crippen LogP contribution in [-0.2, 0) is 11.3 Å². The molecule has 0 aliphatic heterocycles. The van der Waals surface area contributed by atoms with E-state index in [4.69, 9.17) is 5.11 Å². The maximum Gasteiger partial charge on any atom is 0.317 e.